The Morgan fingerprint density at radius 2 is 1.74 bits per heavy atom. The third kappa shape index (κ3) is 2.42. The number of pyridine rings is 3. The zero-order chi connectivity index (χ0) is 13.1. The first kappa shape index (κ1) is 11.3. The molecule has 3 aromatic rings. The van der Waals surface area contributed by atoms with E-state index in [0.717, 1.165) is 17.1 Å². The first-order valence-corrected chi connectivity index (χ1v) is 5.90. The van der Waals surface area contributed by atoms with Crippen LogP contribution < -0.4 is 5.43 Å². The maximum Gasteiger partial charge on any atom is 0.182 e. The summed E-state index contributed by atoms with van der Waals surface area (Å²) in [5.41, 5.74) is 2.97. The Kier molecular flexibility index (Phi) is 2.90. The molecular formula is C15H11N3O. The molecule has 0 spiro atoms. The van der Waals surface area contributed by atoms with Gasteiger partial charge in [0.05, 0.1) is 22.8 Å². The molecule has 0 unspecified atom stereocenters. The topological polar surface area (TPSA) is 58.6 Å². The van der Waals surface area contributed by atoms with Crippen molar-refractivity contribution < 1.29 is 0 Å². The predicted molar refractivity (Wildman–Crippen MR) is 73.5 cm³/mol. The smallest absolute Gasteiger partial charge is 0.182 e. The van der Waals surface area contributed by atoms with E-state index in [-0.39, 0.29) is 5.43 Å². The molecule has 3 heterocycles. The number of nitrogens with one attached hydrogen (secondary N) is 1. The monoisotopic (exact) mass is 249 g/mol. The van der Waals surface area contributed by atoms with Gasteiger partial charge in [0.25, 0.3) is 0 Å². The highest BCUT2D eigenvalue weighted by Gasteiger charge is 2.04. The fourth-order valence-electron chi connectivity index (χ4n) is 1.84. The lowest BCUT2D eigenvalue weighted by Gasteiger charge is -2.04. The number of H-pyrrole nitrogens is 1. The molecule has 92 valence electrons. The van der Waals surface area contributed by atoms with Crippen molar-refractivity contribution in [3.05, 3.63) is 71.1 Å². The van der Waals surface area contributed by atoms with E-state index in [1.165, 1.54) is 12.1 Å². The molecule has 0 fully saturated rings. The lowest BCUT2D eigenvalue weighted by Crippen LogP contribution is -1.99. The first-order chi connectivity index (χ1) is 9.33. The van der Waals surface area contributed by atoms with Gasteiger partial charge in [-0.25, -0.2) is 4.98 Å². The minimum Gasteiger partial charge on any atom is -0.360 e. The van der Waals surface area contributed by atoms with Crippen LogP contribution >= 0.6 is 0 Å². The normalized spacial score (nSPS) is 10.3. The molecule has 0 radical (unpaired) electrons. The van der Waals surface area contributed by atoms with E-state index in [0.29, 0.717) is 5.69 Å². The van der Waals surface area contributed by atoms with Crippen molar-refractivity contribution in [2.24, 2.45) is 0 Å². The zero-order valence-electron chi connectivity index (χ0n) is 10.1. The van der Waals surface area contributed by atoms with Gasteiger partial charge in [0.2, 0.25) is 0 Å². The van der Waals surface area contributed by atoms with E-state index in [9.17, 15) is 4.79 Å². The molecule has 0 amide bonds. The van der Waals surface area contributed by atoms with Crippen molar-refractivity contribution in [3.8, 4) is 22.8 Å². The van der Waals surface area contributed by atoms with Crippen LogP contribution in [0.2, 0.25) is 0 Å². The Labute approximate surface area is 109 Å². The highest BCUT2D eigenvalue weighted by atomic mass is 16.1. The average Bonchev–Trinajstić information content (AvgIpc) is 2.48. The SMILES string of the molecule is O=c1cc[nH]c(-c2cccc(-c3ccccn3)n2)c1. The zero-order valence-corrected chi connectivity index (χ0v) is 10.1. The van der Waals surface area contributed by atoms with Gasteiger partial charge in [-0.3, -0.25) is 9.78 Å². The van der Waals surface area contributed by atoms with Crippen LogP contribution in [0.1, 0.15) is 0 Å². The summed E-state index contributed by atoms with van der Waals surface area (Å²) >= 11 is 0. The number of nitrogens with zero attached hydrogens (tertiary/aromatic N) is 2. The molecule has 4 nitrogen and oxygen atoms in total. The van der Waals surface area contributed by atoms with Crippen LogP contribution in [0.15, 0.2) is 65.7 Å². The van der Waals surface area contributed by atoms with E-state index in [1.807, 2.05) is 36.4 Å². The second-order valence-electron chi connectivity index (χ2n) is 4.06. The largest absolute Gasteiger partial charge is 0.360 e. The summed E-state index contributed by atoms with van der Waals surface area (Å²) in [6.07, 6.45) is 3.35. The van der Waals surface area contributed by atoms with E-state index in [4.69, 9.17) is 0 Å². The molecule has 19 heavy (non-hydrogen) atoms. The van der Waals surface area contributed by atoms with Gasteiger partial charge >= 0.3 is 0 Å². The number of aromatic amines is 1. The van der Waals surface area contributed by atoms with E-state index >= 15 is 0 Å². The van der Waals surface area contributed by atoms with E-state index < -0.39 is 0 Å². The number of aromatic nitrogens is 3. The van der Waals surface area contributed by atoms with Crippen LogP contribution in [0.3, 0.4) is 0 Å². The number of hydrogen-bond donors (Lipinski definition) is 1. The van der Waals surface area contributed by atoms with Crippen LogP contribution in [0.5, 0.6) is 0 Å². The Morgan fingerprint density at radius 1 is 0.895 bits per heavy atom. The molecular weight excluding hydrogens is 238 g/mol. The summed E-state index contributed by atoms with van der Waals surface area (Å²) in [5.74, 6) is 0. The van der Waals surface area contributed by atoms with Crippen LogP contribution in [0, 0.1) is 0 Å². The molecule has 0 aromatic carbocycles. The summed E-state index contributed by atoms with van der Waals surface area (Å²) < 4.78 is 0. The first-order valence-electron chi connectivity index (χ1n) is 5.90. The Balaban J connectivity index is 2.08. The molecule has 4 heteroatoms. The van der Waals surface area contributed by atoms with E-state index in [2.05, 4.69) is 15.0 Å². The van der Waals surface area contributed by atoms with Crippen molar-refractivity contribution in [2.45, 2.75) is 0 Å². The third-order valence-corrected chi connectivity index (χ3v) is 2.73. The average molecular weight is 249 g/mol. The van der Waals surface area contributed by atoms with Gasteiger partial charge in [-0.2, -0.15) is 0 Å². The van der Waals surface area contributed by atoms with Crippen molar-refractivity contribution in [1.82, 2.24) is 15.0 Å². The summed E-state index contributed by atoms with van der Waals surface area (Å²) in [6, 6.07) is 14.3. The molecule has 0 saturated heterocycles. The molecule has 0 aliphatic carbocycles. The highest BCUT2D eigenvalue weighted by molar-refractivity contribution is 5.61. The highest BCUT2D eigenvalue weighted by Crippen LogP contribution is 2.18. The van der Waals surface area contributed by atoms with Crippen molar-refractivity contribution in [2.75, 3.05) is 0 Å². The maximum atomic E-state index is 11.4. The van der Waals surface area contributed by atoms with Crippen molar-refractivity contribution in [1.29, 1.82) is 0 Å². The van der Waals surface area contributed by atoms with Crippen LogP contribution in [0.4, 0.5) is 0 Å². The van der Waals surface area contributed by atoms with Gasteiger partial charge in [0.15, 0.2) is 5.43 Å². The molecule has 0 atom stereocenters. The number of rotatable bonds is 2. The van der Waals surface area contributed by atoms with Crippen molar-refractivity contribution in [3.63, 3.8) is 0 Å². The summed E-state index contributed by atoms with van der Waals surface area (Å²) in [6.45, 7) is 0. The summed E-state index contributed by atoms with van der Waals surface area (Å²) in [5, 5.41) is 0. The standard InChI is InChI=1S/C15H11N3O/c19-11-7-9-17-15(10-11)14-6-3-5-13(18-14)12-4-1-2-8-16-12/h1-10H,(H,17,19). The van der Waals surface area contributed by atoms with E-state index in [1.54, 1.807) is 12.4 Å². The van der Waals surface area contributed by atoms with Gasteiger partial charge in [0, 0.05) is 24.5 Å². The molecule has 3 rings (SSSR count). The Bertz CT molecular complexity index is 750. The van der Waals surface area contributed by atoms with Crippen LogP contribution in [0.25, 0.3) is 22.8 Å². The second-order valence-corrected chi connectivity index (χ2v) is 4.06. The van der Waals surface area contributed by atoms with Crippen molar-refractivity contribution >= 4 is 0 Å². The maximum absolute atomic E-state index is 11.4. The number of hydrogen-bond acceptors (Lipinski definition) is 3. The minimum absolute atomic E-state index is 0.0428. The van der Waals surface area contributed by atoms with Gasteiger partial charge in [-0.15, -0.1) is 0 Å². The molecule has 1 N–H and O–H groups in total. The Hall–Kier alpha value is -2.75. The fraction of sp³-hybridized carbons (Fsp3) is 0. The Morgan fingerprint density at radius 3 is 2.53 bits per heavy atom. The fourth-order valence-corrected chi connectivity index (χ4v) is 1.84. The third-order valence-electron chi connectivity index (χ3n) is 2.73. The van der Waals surface area contributed by atoms with Crippen LogP contribution in [-0.4, -0.2) is 15.0 Å². The van der Waals surface area contributed by atoms with Gasteiger partial charge < -0.3 is 4.98 Å². The molecule has 0 aliphatic heterocycles. The molecule has 3 aromatic heterocycles. The second kappa shape index (κ2) is 4.86. The molecule has 0 saturated carbocycles. The lowest BCUT2D eigenvalue weighted by atomic mass is 10.2. The van der Waals surface area contributed by atoms with Gasteiger partial charge in [0.1, 0.15) is 0 Å². The lowest BCUT2D eigenvalue weighted by molar-refractivity contribution is 1.21. The molecule has 0 bridgehead atoms. The van der Waals surface area contributed by atoms with Crippen LogP contribution in [-0.2, 0) is 0 Å². The summed E-state index contributed by atoms with van der Waals surface area (Å²) in [7, 11) is 0. The van der Waals surface area contributed by atoms with Gasteiger partial charge in [-0.1, -0.05) is 12.1 Å². The van der Waals surface area contributed by atoms with Gasteiger partial charge in [-0.05, 0) is 24.3 Å². The quantitative estimate of drug-likeness (QED) is 0.759. The summed E-state index contributed by atoms with van der Waals surface area (Å²) in [4.78, 5) is 23.2. The molecule has 0 aliphatic rings. The minimum atomic E-state index is -0.0428. The predicted octanol–water partition coefficient (Wildman–Crippen LogP) is 2.50.